The number of carboxylic acid groups (broad SMARTS) is 2. The number of halogens is 3. The summed E-state index contributed by atoms with van der Waals surface area (Å²) < 4.78 is 31.7. The van der Waals surface area contributed by atoms with E-state index in [0.717, 1.165) is 11.1 Å². The number of nitrogens with one attached hydrogen (secondary N) is 4. The second kappa shape index (κ2) is 17.4. The SMILES string of the molecule is CC(C)(C)NC(=O)NCCCCC(=O)NCC(=O)NC(CC(=O)O)c1ccc(-c2ccccc2)cc1.O=C(O)C(F)(F)F. The van der Waals surface area contributed by atoms with Gasteiger partial charge >= 0.3 is 24.1 Å². The molecule has 0 aliphatic carbocycles. The highest BCUT2D eigenvalue weighted by molar-refractivity contribution is 5.85. The van der Waals surface area contributed by atoms with Gasteiger partial charge in [0.2, 0.25) is 11.8 Å². The van der Waals surface area contributed by atoms with Gasteiger partial charge in [-0.1, -0.05) is 54.6 Å². The van der Waals surface area contributed by atoms with Gasteiger partial charge in [-0.3, -0.25) is 14.4 Å². The average molecular weight is 611 g/mol. The van der Waals surface area contributed by atoms with E-state index in [-0.39, 0.29) is 36.9 Å². The maximum absolute atomic E-state index is 12.4. The summed E-state index contributed by atoms with van der Waals surface area (Å²) in [4.78, 5) is 56.4. The van der Waals surface area contributed by atoms with Gasteiger partial charge in [-0.05, 0) is 50.3 Å². The minimum Gasteiger partial charge on any atom is -0.481 e. The molecular formula is C29H37F3N4O7. The van der Waals surface area contributed by atoms with Crippen LogP contribution in [0.25, 0.3) is 11.1 Å². The molecule has 14 heteroatoms. The predicted molar refractivity (Wildman–Crippen MR) is 152 cm³/mol. The minimum atomic E-state index is -5.08. The van der Waals surface area contributed by atoms with Crippen LogP contribution in [0.15, 0.2) is 54.6 Å². The fraction of sp³-hybridized carbons (Fsp3) is 0.414. The molecule has 0 fully saturated rings. The summed E-state index contributed by atoms with van der Waals surface area (Å²) >= 11 is 0. The second-order valence-corrected chi connectivity index (χ2v) is 10.4. The summed E-state index contributed by atoms with van der Waals surface area (Å²) in [6, 6.07) is 16.2. The minimum absolute atomic E-state index is 0.218. The van der Waals surface area contributed by atoms with E-state index in [1.54, 1.807) is 12.1 Å². The molecule has 0 bridgehead atoms. The number of carboxylic acids is 2. The van der Waals surface area contributed by atoms with Crippen LogP contribution in [0.2, 0.25) is 0 Å². The largest absolute Gasteiger partial charge is 0.490 e. The molecule has 0 saturated heterocycles. The highest BCUT2D eigenvalue weighted by Crippen LogP contribution is 2.23. The predicted octanol–water partition coefficient (Wildman–Crippen LogP) is 4.00. The molecule has 236 valence electrons. The normalized spacial score (nSPS) is 11.7. The molecule has 0 heterocycles. The number of unbranched alkanes of at least 4 members (excludes halogenated alkanes) is 1. The molecule has 0 radical (unpaired) electrons. The summed E-state index contributed by atoms with van der Waals surface area (Å²) in [5.74, 6) is -4.55. The van der Waals surface area contributed by atoms with Gasteiger partial charge in [0, 0.05) is 18.5 Å². The van der Waals surface area contributed by atoms with Gasteiger partial charge < -0.3 is 31.5 Å². The van der Waals surface area contributed by atoms with Crippen LogP contribution in [0.4, 0.5) is 18.0 Å². The Labute approximate surface area is 247 Å². The first kappa shape index (κ1) is 36.4. The number of hydrogen-bond acceptors (Lipinski definition) is 5. The first-order chi connectivity index (χ1) is 20.0. The first-order valence-electron chi connectivity index (χ1n) is 13.3. The number of alkyl halides is 3. The highest BCUT2D eigenvalue weighted by atomic mass is 19.4. The van der Waals surface area contributed by atoms with E-state index in [0.29, 0.717) is 24.9 Å². The van der Waals surface area contributed by atoms with Crippen LogP contribution in [0.3, 0.4) is 0 Å². The van der Waals surface area contributed by atoms with Crippen molar-refractivity contribution >= 4 is 29.8 Å². The standard InChI is InChI=1S/C27H36N4O5.C2HF3O2/c1-27(2,3)31-26(36)28-16-8-7-11-23(32)29-18-24(33)30-22(17-25(34)35)21-14-12-20(13-15-21)19-9-5-4-6-10-19;3-2(4,5)1(6)7/h4-6,9-10,12-15,22H,7-8,11,16-18H2,1-3H3,(H,29,32)(H,30,33)(H,34,35)(H2,28,31,36);(H,6,7). The van der Waals surface area contributed by atoms with Crippen molar-refractivity contribution in [2.75, 3.05) is 13.1 Å². The number of carbonyl (C=O) groups excluding carboxylic acids is 3. The number of rotatable bonds is 12. The third kappa shape index (κ3) is 16.4. The first-order valence-corrected chi connectivity index (χ1v) is 13.3. The highest BCUT2D eigenvalue weighted by Gasteiger charge is 2.38. The summed E-state index contributed by atoms with van der Waals surface area (Å²) in [5, 5.41) is 27.2. The summed E-state index contributed by atoms with van der Waals surface area (Å²) in [6.07, 6.45) is -3.97. The van der Waals surface area contributed by atoms with E-state index >= 15 is 0 Å². The molecule has 11 nitrogen and oxygen atoms in total. The van der Waals surface area contributed by atoms with Crippen molar-refractivity contribution in [1.29, 1.82) is 0 Å². The van der Waals surface area contributed by atoms with Crippen molar-refractivity contribution in [2.45, 2.75) is 64.2 Å². The monoisotopic (exact) mass is 610 g/mol. The molecule has 43 heavy (non-hydrogen) atoms. The molecule has 4 amide bonds. The Morgan fingerprint density at radius 3 is 1.86 bits per heavy atom. The van der Waals surface area contributed by atoms with Crippen LogP contribution in [0.1, 0.15) is 58.1 Å². The van der Waals surface area contributed by atoms with Crippen LogP contribution in [0, 0.1) is 0 Å². The Morgan fingerprint density at radius 2 is 1.35 bits per heavy atom. The number of aliphatic carboxylic acids is 2. The van der Waals surface area contributed by atoms with Gasteiger partial charge in [0.15, 0.2) is 0 Å². The Balaban J connectivity index is 0.00000117. The fourth-order valence-electron chi connectivity index (χ4n) is 3.48. The summed E-state index contributed by atoms with van der Waals surface area (Å²) in [6.45, 7) is 5.86. The fourth-order valence-corrected chi connectivity index (χ4v) is 3.48. The van der Waals surface area contributed by atoms with Crippen molar-refractivity contribution < 1.29 is 47.4 Å². The van der Waals surface area contributed by atoms with E-state index in [4.69, 9.17) is 9.90 Å². The van der Waals surface area contributed by atoms with E-state index < -0.39 is 30.1 Å². The molecule has 0 aliphatic rings. The maximum atomic E-state index is 12.4. The molecule has 1 unspecified atom stereocenters. The quantitative estimate of drug-likeness (QED) is 0.197. The lowest BCUT2D eigenvalue weighted by molar-refractivity contribution is -0.192. The lowest BCUT2D eigenvalue weighted by atomic mass is 9.99. The molecule has 0 aliphatic heterocycles. The zero-order valence-corrected chi connectivity index (χ0v) is 24.1. The van der Waals surface area contributed by atoms with Crippen molar-refractivity contribution in [3.63, 3.8) is 0 Å². The zero-order valence-electron chi connectivity index (χ0n) is 24.1. The Hall–Kier alpha value is -4.62. The smallest absolute Gasteiger partial charge is 0.481 e. The number of carbonyl (C=O) groups is 5. The van der Waals surface area contributed by atoms with E-state index in [2.05, 4.69) is 21.3 Å². The molecule has 2 aromatic rings. The summed E-state index contributed by atoms with van der Waals surface area (Å²) in [7, 11) is 0. The lowest BCUT2D eigenvalue weighted by Crippen LogP contribution is -2.46. The molecule has 0 aromatic heterocycles. The van der Waals surface area contributed by atoms with Crippen LogP contribution >= 0.6 is 0 Å². The Morgan fingerprint density at radius 1 is 0.791 bits per heavy atom. The third-order valence-electron chi connectivity index (χ3n) is 5.43. The van der Waals surface area contributed by atoms with Gasteiger partial charge in [0.05, 0.1) is 19.0 Å². The second-order valence-electron chi connectivity index (χ2n) is 10.4. The van der Waals surface area contributed by atoms with Gasteiger partial charge in [-0.15, -0.1) is 0 Å². The zero-order chi connectivity index (χ0) is 32.6. The molecule has 2 aromatic carbocycles. The van der Waals surface area contributed by atoms with Crippen molar-refractivity contribution in [1.82, 2.24) is 21.3 Å². The van der Waals surface area contributed by atoms with Crippen LogP contribution in [-0.2, 0) is 19.2 Å². The molecule has 0 spiro atoms. The van der Waals surface area contributed by atoms with Crippen LogP contribution in [0.5, 0.6) is 0 Å². The van der Waals surface area contributed by atoms with Crippen LogP contribution < -0.4 is 21.3 Å². The third-order valence-corrected chi connectivity index (χ3v) is 5.43. The van der Waals surface area contributed by atoms with Gasteiger partial charge in [0.1, 0.15) is 0 Å². The Bertz CT molecular complexity index is 1220. The van der Waals surface area contributed by atoms with Gasteiger partial charge in [-0.2, -0.15) is 13.2 Å². The topological polar surface area (TPSA) is 174 Å². The molecule has 6 N–H and O–H groups in total. The van der Waals surface area contributed by atoms with Gasteiger partial charge in [0.25, 0.3) is 0 Å². The molecular weight excluding hydrogens is 573 g/mol. The number of amides is 4. The van der Waals surface area contributed by atoms with Crippen molar-refractivity contribution in [3.05, 3.63) is 60.2 Å². The number of hydrogen-bond donors (Lipinski definition) is 6. The van der Waals surface area contributed by atoms with Crippen molar-refractivity contribution in [3.8, 4) is 11.1 Å². The van der Waals surface area contributed by atoms with Gasteiger partial charge in [-0.25, -0.2) is 9.59 Å². The number of urea groups is 1. The van der Waals surface area contributed by atoms with Crippen molar-refractivity contribution in [2.24, 2.45) is 0 Å². The van der Waals surface area contributed by atoms with E-state index in [9.17, 15) is 37.5 Å². The summed E-state index contributed by atoms with van der Waals surface area (Å²) in [5.41, 5.74) is 2.37. The average Bonchev–Trinajstić information content (AvgIpc) is 2.90. The maximum Gasteiger partial charge on any atom is 0.490 e. The molecule has 2 rings (SSSR count). The Kier molecular flexibility index (Phi) is 14.7. The van der Waals surface area contributed by atoms with E-state index in [1.165, 1.54) is 0 Å². The molecule has 0 saturated carbocycles. The number of benzene rings is 2. The van der Waals surface area contributed by atoms with E-state index in [1.807, 2.05) is 63.2 Å². The lowest BCUT2D eigenvalue weighted by Gasteiger charge is -2.20. The molecule has 1 atom stereocenters. The van der Waals surface area contributed by atoms with Crippen LogP contribution in [-0.4, -0.2) is 64.8 Å².